The number of hydrogen-bond acceptors (Lipinski definition) is 0. The fourth-order valence-electron chi connectivity index (χ4n) is 2.35. The van der Waals surface area contributed by atoms with Crippen LogP contribution in [0.25, 0.3) is 0 Å². The summed E-state index contributed by atoms with van der Waals surface area (Å²) in [6.07, 6.45) is 6.63. The molecule has 0 unspecified atom stereocenters. The number of allylic oxidation sites excluding steroid dienone is 4. The third-order valence-corrected chi connectivity index (χ3v) is 4.51. The molecule has 0 saturated carbocycles. The Morgan fingerprint density at radius 3 is 1.55 bits per heavy atom. The average Bonchev–Trinajstić information content (AvgIpc) is 2.63. The van der Waals surface area contributed by atoms with Gasteiger partial charge in [0.25, 0.3) is 0 Å². The molecular weight excluding hydrogens is 321 g/mol. The second-order valence-corrected chi connectivity index (χ2v) is 6.13. The standard InChI is InChI=1S/C10H15.C8H12N.Zr/c1-7-6-10(4,5)9(3)8(7)2;1-6-5-9(4)8(3)7(6)2;/h1-5H3;1-4H3;/q2*-1;+2. The van der Waals surface area contributed by atoms with Crippen LogP contribution >= 0.6 is 0 Å². The van der Waals surface area contributed by atoms with Gasteiger partial charge in [-0.05, 0) is 7.05 Å². The molecule has 1 aliphatic carbocycles. The summed E-state index contributed by atoms with van der Waals surface area (Å²) < 4.78 is 2.03. The Hall–Kier alpha value is -0.357. The van der Waals surface area contributed by atoms with Crippen LogP contribution in [0.2, 0.25) is 0 Å². The molecule has 1 nitrogen and oxygen atoms in total. The van der Waals surface area contributed by atoms with E-state index in [9.17, 15) is 0 Å². The summed E-state index contributed by atoms with van der Waals surface area (Å²) in [7, 11) is 2.02. The van der Waals surface area contributed by atoms with E-state index in [4.69, 9.17) is 0 Å². The van der Waals surface area contributed by atoms with Crippen LogP contribution in [0.1, 0.15) is 51.4 Å². The maximum Gasteiger partial charge on any atom is 2.00 e. The van der Waals surface area contributed by atoms with Crippen LogP contribution in [0, 0.1) is 38.5 Å². The van der Waals surface area contributed by atoms with Gasteiger partial charge in [0.15, 0.2) is 0 Å². The molecule has 1 aliphatic rings. The molecule has 20 heavy (non-hydrogen) atoms. The van der Waals surface area contributed by atoms with Crippen molar-refractivity contribution < 1.29 is 26.2 Å². The van der Waals surface area contributed by atoms with Crippen LogP contribution < -0.4 is 0 Å². The van der Waals surface area contributed by atoms with Crippen LogP contribution in [0.3, 0.4) is 0 Å². The monoisotopic (exact) mass is 347 g/mol. The predicted molar refractivity (Wildman–Crippen MR) is 83.0 cm³/mol. The van der Waals surface area contributed by atoms with Crippen LogP contribution in [0.5, 0.6) is 0 Å². The van der Waals surface area contributed by atoms with E-state index in [0.717, 1.165) is 0 Å². The number of aromatic nitrogens is 1. The Balaban J connectivity index is 0.000000345. The molecule has 0 aromatic carbocycles. The fourth-order valence-corrected chi connectivity index (χ4v) is 2.35. The van der Waals surface area contributed by atoms with Crippen molar-refractivity contribution in [2.24, 2.45) is 12.5 Å². The largest absolute Gasteiger partial charge is 2.00 e. The molecule has 0 aliphatic heterocycles. The third kappa shape index (κ3) is 4.07. The Morgan fingerprint density at radius 1 is 0.950 bits per heavy atom. The predicted octanol–water partition coefficient (Wildman–Crippen LogP) is 4.86. The summed E-state index contributed by atoms with van der Waals surface area (Å²) >= 11 is 0. The minimum absolute atomic E-state index is 0. The Labute approximate surface area is 144 Å². The average molecular weight is 349 g/mol. The molecule has 0 bridgehead atoms. The van der Waals surface area contributed by atoms with Gasteiger partial charge in [-0.3, -0.25) is 6.08 Å². The summed E-state index contributed by atoms with van der Waals surface area (Å²) in [5.41, 5.74) is 8.33. The van der Waals surface area contributed by atoms with Crippen molar-refractivity contribution in [3.8, 4) is 0 Å². The van der Waals surface area contributed by atoms with Gasteiger partial charge in [-0.1, -0.05) is 53.9 Å². The van der Waals surface area contributed by atoms with Crippen LogP contribution in [0.15, 0.2) is 16.7 Å². The SMILES string of the molecule is CC1=[C-]C(C)(C)C(C)=C1C.Cc1[c-]n(C)c(C)c1C.[Zr+2]. The van der Waals surface area contributed by atoms with Gasteiger partial charge in [0.1, 0.15) is 0 Å². The van der Waals surface area contributed by atoms with E-state index < -0.39 is 0 Å². The van der Waals surface area contributed by atoms with Gasteiger partial charge in [-0.15, -0.1) is 18.8 Å². The fraction of sp³-hybridized carbons (Fsp3) is 0.556. The van der Waals surface area contributed by atoms with Crippen molar-refractivity contribution in [3.63, 3.8) is 0 Å². The number of rotatable bonds is 0. The first-order chi connectivity index (χ1) is 8.58. The number of nitrogens with zero attached hydrogens (tertiary/aromatic N) is 1. The normalized spacial score (nSPS) is 16.4. The zero-order chi connectivity index (χ0) is 15.0. The van der Waals surface area contributed by atoms with Gasteiger partial charge in [-0.2, -0.15) is 22.3 Å². The molecule has 0 atom stereocenters. The van der Waals surface area contributed by atoms with E-state index in [1.807, 2.05) is 11.6 Å². The molecule has 0 saturated heterocycles. The minimum atomic E-state index is 0. The second kappa shape index (κ2) is 7.07. The van der Waals surface area contributed by atoms with Crippen molar-refractivity contribution in [3.05, 3.63) is 45.8 Å². The molecule has 0 N–H and O–H groups in total. The van der Waals surface area contributed by atoms with Crippen LogP contribution in [0.4, 0.5) is 0 Å². The van der Waals surface area contributed by atoms with Crippen molar-refractivity contribution in [2.75, 3.05) is 0 Å². The molecule has 1 aromatic heterocycles. The van der Waals surface area contributed by atoms with Crippen LogP contribution in [-0.2, 0) is 33.3 Å². The zero-order valence-electron chi connectivity index (χ0n) is 14.4. The topological polar surface area (TPSA) is 4.93 Å². The van der Waals surface area contributed by atoms with E-state index in [0.29, 0.717) is 0 Å². The number of hydrogen-bond donors (Lipinski definition) is 0. The third-order valence-electron chi connectivity index (χ3n) is 4.51. The minimum Gasteiger partial charge on any atom is -0.470 e. The van der Waals surface area contributed by atoms with E-state index in [1.165, 1.54) is 33.5 Å². The molecule has 1 aromatic rings. The maximum atomic E-state index is 3.44. The first kappa shape index (κ1) is 19.6. The van der Waals surface area contributed by atoms with Gasteiger partial charge < -0.3 is 4.57 Å². The quantitative estimate of drug-likeness (QED) is 0.590. The van der Waals surface area contributed by atoms with E-state index in [2.05, 4.69) is 67.7 Å². The summed E-state index contributed by atoms with van der Waals surface area (Å²) in [4.78, 5) is 0. The number of aryl methyl sites for hydroxylation is 2. The zero-order valence-corrected chi connectivity index (χ0v) is 16.9. The molecule has 0 radical (unpaired) electrons. The van der Waals surface area contributed by atoms with Gasteiger partial charge in [-0.25, -0.2) is 5.57 Å². The molecular formula is C18H27NZr. The molecule has 1 heterocycles. The molecule has 108 valence electrons. The smallest absolute Gasteiger partial charge is 0.470 e. The van der Waals surface area contributed by atoms with E-state index >= 15 is 0 Å². The van der Waals surface area contributed by atoms with Crippen molar-refractivity contribution in [2.45, 2.75) is 55.4 Å². The van der Waals surface area contributed by atoms with E-state index in [1.54, 1.807) is 0 Å². The summed E-state index contributed by atoms with van der Waals surface area (Å²) in [5, 5.41) is 0. The van der Waals surface area contributed by atoms with Crippen LogP contribution in [-0.4, -0.2) is 4.57 Å². The molecule has 0 spiro atoms. The summed E-state index contributed by atoms with van der Waals surface area (Å²) in [5.74, 6) is 0. The molecule has 0 amide bonds. The molecule has 2 rings (SSSR count). The van der Waals surface area contributed by atoms with Crippen molar-refractivity contribution >= 4 is 0 Å². The van der Waals surface area contributed by atoms with Gasteiger partial charge in [0.2, 0.25) is 0 Å². The Kier molecular flexibility index (Phi) is 6.95. The first-order valence-corrected chi connectivity index (χ1v) is 6.89. The Bertz CT molecular complexity index is 520. The van der Waals surface area contributed by atoms with Crippen molar-refractivity contribution in [1.29, 1.82) is 0 Å². The second-order valence-electron chi connectivity index (χ2n) is 6.13. The van der Waals surface area contributed by atoms with Gasteiger partial charge in [0, 0.05) is 0 Å². The molecule has 2 heteroatoms. The van der Waals surface area contributed by atoms with Gasteiger partial charge in [0.05, 0.1) is 0 Å². The summed E-state index contributed by atoms with van der Waals surface area (Å²) in [6.45, 7) is 17.2. The first-order valence-electron chi connectivity index (χ1n) is 6.89. The van der Waals surface area contributed by atoms with Crippen molar-refractivity contribution in [1.82, 2.24) is 4.57 Å². The van der Waals surface area contributed by atoms with Gasteiger partial charge >= 0.3 is 26.2 Å². The van der Waals surface area contributed by atoms with E-state index in [-0.39, 0.29) is 31.6 Å². The molecule has 0 fully saturated rings. The Morgan fingerprint density at radius 2 is 1.45 bits per heavy atom. The maximum absolute atomic E-state index is 3.44. The summed E-state index contributed by atoms with van der Waals surface area (Å²) in [6, 6.07) is 0.